The third-order valence-electron chi connectivity index (χ3n) is 4.65. The summed E-state index contributed by atoms with van der Waals surface area (Å²) < 4.78 is 0. The Labute approximate surface area is 158 Å². The molecule has 1 unspecified atom stereocenters. The highest BCUT2D eigenvalue weighted by atomic mass is 32.2. The van der Waals surface area contributed by atoms with Crippen LogP contribution in [0.5, 0.6) is 0 Å². The predicted octanol–water partition coefficient (Wildman–Crippen LogP) is 2.25. The van der Waals surface area contributed by atoms with Crippen LogP contribution in [0.4, 0.5) is 10.6 Å². The van der Waals surface area contributed by atoms with Crippen LogP contribution in [0.15, 0.2) is 29.4 Å². The molecule has 1 aromatic carbocycles. The van der Waals surface area contributed by atoms with E-state index in [-0.39, 0.29) is 5.24 Å². The van der Waals surface area contributed by atoms with Crippen LogP contribution in [-0.2, 0) is 9.59 Å². The van der Waals surface area contributed by atoms with Gasteiger partial charge >= 0.3 is 5.97 Å². The fraction of sp³-hybridized carbons (Fsp3) is 0.278. The molecule has 2 N–H and O–H groups in total. The Morgan fingerprint density at radius 1 is 1.33 bits per heavy atom. The van der Waals surface area contributed by atoms with Crippen LogP contribution >= 0.6 is 11.8 Å². The third-order valence-corrected chi connectivity index (χ3v) is 5.46. The van der Waals surface area contributed by atoms with Crippen LogP contribution < -0.4 is 10.2 Å². The Morgan fingerprint density at radius 2 is 2.19 bits per heavy atom. The van der Waals surface area contributed by atoms with Crippen LogP contribution in [-0.4, -0.2) is 45.3 Å². The fourth-order valence-electron chi connectivity index (χ4n) is 3.35. The number of anilines is 1. The van der Waals surface area contributed by atoms with Crippen LogP contribution in [0.1, 0.15) is 18.4 Å². The largest absolute Gasteiger partial charge is 0.481 e. The molecule has 3 heterocycles. The van der Waals surface area contributed by atoms with Gasteiger partial charge in [-0.25, -0.2) is 9.97 Å². The van der Waals surface area contributed by atoms with Crippen molar-refractivity contribution in [3.63, 3.8) is 0 Å². The van der Waals surface area contributed by atoms with E-state index < -0.39 is 17.8 Å². The van der Waals surface area contributed by atoms with Crippen molar-refractivity contribution in [2.75, 3.05) is 18.0 Å². The molecule has 2 saturated heterocycles. The van der Waals surface area contributed by atoms with Gasteiger partial charge in [0.05, 0.1) is 16.3 Å². The third kappa shape index (κ3) is 3.50. The molecule has 0 saturated carbocycles. The molecule has 0 bridgehead atoms. The van der Waals surface area contributed by atoms with Crippen molar-refractivity contribution < 1.29 is 19.5 Å². The normalized spacial score (nSPS) is 21.7. The number of carbonyl (C=O) groups is 3. The number of rotatable bonds is 3. The van der Waals surface area contributed by atoms with Gasteiger partial charge in [-0.05, 0) is 48.4 Å². The van der Waals surface area contributed by atoms with Gasteiger partial charge in [-0.15, -0.1) is 0 Å². The molecular weight excluding hydrogens is 368 g/mol. The predicted molar refractivity (Wildman–Crippen MR) is 101 cm³/mol. The van der Waals surface area contributed by atoms with Crippen molar-refractivity contribution in [3.05, 3.63) is 35.0 Å². The Bertz CT molecular complexity index is 990. The van der Waals surface area contributed by atoms with Crippen LogP contribution in [0.3, 0.4) is 0 Å². The molecular formula is C18H16N4O4S. The molecule has 9 heteroatoms. The van der Waals surface area contributed by atoms with Crippen molar-refractivity contribution in [2.45, 2.75) is 12.8 Å². The monoisotopic (exact) mass is 384 g/mol. The summed E-state index contributed by atoms with van der Waals surface area (Å²) >= 11 is 0.864. The zero-order chi connectivity index (χ0) is 19.0. The molecule has 4 rings (SSSR count). The summed E-state index contributed by atoms with van der Waals surface area (Å²) in [5.41, 5.74) is 1.48. The molecule has 1 atom stereocenters. The van der Waals surface area contributed by atoms with E-state index in [9.17, 15) is 19.5 Å². The lowest BCUT2D eigenvalue weighted by Crippen LogP contribution is -2.39. The molecule has 0 radical (unpaired) electrons. The maximum atomic E-state index is 11.8. The maximum Gasteiger partial charge on any atom is 0.308 e. The lowest BCUT2D eigenvalue weighted by molar-refractivity contribution is -0.142. The van der Waals surface area contributed by atoms with E-state index in [4.69, 9.17) is 0 Å². The van der Waals surface area contributed by atoms with Gasteiger partial charge in [0, 0.05) is 18.5 Å². The Balaban J connectivity index is 1.72. The Kier molecular flexibility index (Phi) is 4.53. The first-order valence-electron chi connectivity index (χ1n) is 8.48. The summed E-state index contributed by atoms with van der Waals surface area (Å²) in [6, 6.07) is 5.50. The number of carboxylic acid groups (broad SMARTS) is 1. The lowest BCUT2D eigenvalue weighted by Gasteiger charge is -2.32. The molecule has 1 aromatic heterocycles. The second kappa shape index (κ2) is 6.99. The molecule has 8 nitrogen and oxygen atoms in total. The number of hydrogen-bond acceptors (Lipinski definition) is 7. The van der Waals surface area contributed by atoms with Gasteiger partial charge in [0.15, 0.2) is 0 Å². The van der Waals surface area contributed by atoms with Gasteiger partial charge in [0.2, 0.25) is 0 Å². The number of hydrogen-bond donors (Lipinski definition) is 2. The number of amides is 2. The molecule has 2 fully saturated rings. The van der Waals surface area contributed by atoms with Crippen LogP contribution in [0, 0.1) is 5.92 Å². The number of piperidine rings is 1. The number of carboxylic acids is 1. The van der Waals surface area contributed by atoms with Crippen molar-refractivity contribution >= 4 is 51.7 Å². The highest BCUT2D eigenvalue weighted by Crippen LogP contribution is 2.30. The molecule has 138 valence electrons. The number of fused-ring (bicyclic) bond motifs is 1. The summed E-state index contributed by atoms with van der Waals surface area (Å²) in [6.45, 7) is 1.13. The first-order chi connectivity index (χ1) is 13.0. The van der Waals surface area contributed by atoms with Crippen molar-refractivity contribution in [1.29, 1.82) is 0 Å². The minimum Gasteiger partial charge on any atom is -0.481 e. The zero-order valence-electron chi connectivity index (χ0n) is 14.2. The number of nitrogens with zero attached hydrogens (tertiary/aromatic N) is 3. The van der Waals surface area contributed by atoms with Crippen molar-refractivity contribution in [3.8, 4) is 0 Å². The number of benzene rings is 1. The average Bonchev–Trinajstić information content (AvgIpc) is 2.98. The fourth-order valence-corrected chi connectivity index (χ4v) is 4.03. The maximum absolute atomic E-state index is 11.8. The topological polar surface area (TPSA) is 112 Å². The molecule has 0 aliphatic carbocycles. The van der Waals surface area contributed by atoms with Crippen molar-refractivity contribution in [1.82, 2.24) is 15.3 Å². The number of nitrogens with one attached hydrogen (secondary N) is 1. The van der Waals surface area contributed by atoms with E-state index in [1.807, 2.05) is 23.1 Å². The summed E-state index contributed by atoms with van der Waals surface area (Å²) in [6.07, 6.45) is 4.56. The molecule has 2 aliphatic rings. The first kappa shape index (κ1) is 17.5. The van der Waals surface area contributed by atoms with Crippen molar-refractivity contribution in [2.24, 2.45) is 5.92 Å². The quantitative estimate of drug-likeness (QED) is 0.775. The highest BCUT2D eigenvalue weighted by molar-refractivity contribution is 8.18. The smallest absolute Gasteiger partial charge is 0.308 e. The SMILES string of the molecule is O=C1NC(=O)C(=Cc2ccc3ncnc(N4CCCC(C(=O)O)C4)c3c2)S1. The zero-order valence-corrected chi connectivity index (χ0v) is 15.0. The van der Waals surface area contributed by atoms with Crippen LogP contribution in [0.2, 0.25) is 0 Å². The Hall–Kier alpha value is -2.94. The van der Waals surface area contributed by atoms with E-state index in [0.29, 0.717) is 23.7 Å². The van der Waals surface area contributed by atoms with E-state index in [1.165, 1.54) is 6.33 Å². The summed E-state index contributed by atoms with van der Waals surface area (Å²) in [4.78, 5) is 45.4. The first-order valence-corrected chi connectivity index (χ1v) is 9.30. The minimum absolute atomic E-state index is 0.335. The number of carbonyl (C=O) groups excluding carboxylic acids is 2. The van der Waals surface area contributed by atoms with Gasteiger partial charge in [-0.3, -0.25) is 19.7 Å². The standard InChI is InChI=1S/C18H16N4O4S/c23-16-14(27-18(26)21-16)7-10-3-4-13-12(6-10)15(20-9-19-13)22-5-1-2-11(8-22)17(24)25/h3-4,6-7,9,11H,1-2,5,8H2,(H,24,25)(H,21,23,26). The summed E-state index contributed by atoms with van der Waals surface area (Å²) in [5.74, 6) is -0.933. The number of aliphatic carboxylic acids is 1. The molecule has 27 heavy (non-hydrogen) atoms. The highest BCUT2D eigenvalue weighted by Gasteiger charge is 2.27. The van der Waals surface area contributed by atoms with E-state index in [0.717, 1.165) is 41.2 Å². The van der Waals surface area contributed by atoms with E-state index in [2.05, 4.69) is 15.3 Å². The molecule has 2 amide bonds. The number of imide groups is 1. The number of thioether (sulfide) groups is 1. The molecule has 2 aliphatic heterocycles. The van der Waals surface area contributed by atoms with Gasteiger partial charge in [-0.1, -0.05) is 6.07 Å². The Morgan fingerprint density at radius 3 is 2.93 bits per heavy atom. The summed E-state index contributed by atoms with van der Waals surface area (Å²) in [5, 5.41) is 12.0. The van der Waals surface area contributed by atoms with Gasteiger partial charge in [-0.2, -0.15) is 0 Å². The van der Waals surface area contributed by atoms with E-state index >= 15 is 0 Å². The molecule has 2 aromatic rings. The number of aromatic nitrogens is 2. The average molecular weight is 384 g/mol. The summed E-state index contributed by atoms with van der Waals surface area (Å²) in [7, 11) is 0. The van der Waals surface area contributed by atoms with E-state index in [1.54, 1.807) is 6.08 Å². The second-order valence-electron chi connectivity index (χ2n) is 6.45. The van der Waals surface area contributed by atoms with Crippen LogP contribution in [0.25, 0.3) is 17.0 Å². The minimum atomic E-state index is -0.794. The van der Waals surface area contributed by atoms with Gasteiger partial charge in [0.1, 0.15) is 12.1 Å². The molecule has 0 spiro atoms. The lowest BCUT2D eigenvalue weighted by atomic mass is 9.98. The second-order valence-corrected chi connectivity index (χ2v) is 7.46. The van der Waals surface area contributed by atoms with Gasteiger partial charge < -0.3 is 10.0 Å². The van der Waals surface area contributed by atoms with Gasteiger partial charge in [0.25, 0.3) is 11.1 Å².